The highest BCUT2D eigenvalue weighted by Crippen LogP contribution is 2.20. The van der Waals surface area contributed by atoms with Gasteiger partial charge in [-0.3, -0.25) is 0 Å². The predicted octanol–water partition coefficient (Wildman–Crippen LogP) is 2.71. The van der Waals surface area contributed by atoms with E-state index in [4.69, 9.17) is 0 Å². The molecule has 1 heteroatoms. The van der Waals surface area contributed by atoms with Gasteiger partial charge in [0.2, 0.25) is 0 Å². The Kier molecular flexibility index (Phi) is 3.95. The van der Waals surface area contributed by atoms with E-state index in [1.165, 1.54) is 25.7 Å². The fourth-order valence-electron chi connectivity index (χ4n) is 1.58. The maximum absolute atomic E-state index is 10.1. The van der Waals surface area contributed by atoms with E-state index in [2.05, 4.69) is 12.2 Å². The van der Waals surface area contributed by atoms with Crippen molar-refractivity contribution in [3.8, 4) is 0 Å². The fraction of sp³-hybridized carbons (Fsp3) is 0.700. The van der Waals surface area contributed by atoms with Gasteiger partial charge in [-0.1, -0.05) is 18.6 Å². The Morgan fingerprint density at radius 3 is 3.18 bits per heavy atom. The Labute approximate surface area is 68.5 Å². The molecule has 0 aromatic heterocycles. The second-order valence-corrected chi connectivity index (χ2v) is 3.22. The van der Waals surface area contributed by atoms with Crippen molar-refractivity contribution in [2.45, 2.75) is 38.5 Å². The first-order chi connectivity index (χ1) is 5.43. The maximum Gasteiger partial charge on any atom is 0.120 e. The molecule has 0 aliphatic heterocycles. The molecule has 62 valence electrons. The van der Waals surface area contributed by atoms with E-state index in [-0.39, 0.29) is 0 Å². The summed E-state index contributed by atoms with van der Waals surface area (Å²) in [6, 6.07) is 0. The maximum atomic E-state index is 10.1. The lowest BCUT2D eigenvalue weighted by molar-refractivity contribution is -0.108. The van der Waals surface area contributed by atoms with Gasteiger partial charge in [-0.05, 0) is 31.6 Å². The molecule has 1 rings (SSSR count). The SMILES string of the molecule is O=CCCC1C=CCCCC1. The van der Waals surface area contributed by atoms with E-state index in [9.17, 15) is 4.79 Å². The normalized spacial score (nSPS) is 24.5. The van der Waals surface area contributed by atoms with Crippen molar-refractivity contribution in [3.05, 3.63) is 12.2 Å². The summed E-state index contributed by atoms with van der Waals surface area (Å²) in [7, 11) is 0. The molecular formula is C10H16O. The minimum atomic E-state index is 0.683. The van der Waals surface area contributed by atoms with Crippen LogP contribution in [0.25, 0.3) is 0 Å². The molecule has 0 heterocycles. The predicted molar refractivity (Wildman–Crippen MR) is 46.4 cm³/mol. The Balaban J connectivity index is 2.24. The molecule has 1 aliphatic rings. The van der Waals surface area contributed by atoms with Gasteiger partial charge < -0.3 is 4.79 Å². The van der Waals surface area contributed by atoms with Crippen molar-refractivity contribution in [1.82, 2.24) is 0 Å². The van der Waals surface area contributed by atoms with E-state index < -0.39 is 0 Å². The van der Waals surface area contributed by atoms with Gasteiger partial charge in [0.15, 0.2) is 0 Å². The molecule has 0 bridgehead atoms. The standard InChI is InChI=1S/C10H16O/c11-9-5-8-10-6-3-1-2-4-7-10/h3,6,9-10H,1-2,4-5,7-8H2. The first kappa shape index (κ1) is 8.51. The van der Waals surface area contributed by atoms with Gasteiger partial charge in [-0.25, -0.2) is 0 Å². The zero-order chi connectivity index (χ0) is 7.94. The lowest BCUT2D eigenvalue weighted by Crippen LogP contribution is -1.95. The third-order valence-electron chi connectivity index (χ3n) is 2.26. The molecule has 0 saturated carbocycles. The number of hydrogen-bond acceptors (Lipinski definition) is 1. The highest BCUT2D eigenvalue weighted by molar-refractivity contribution is 5.49. The van der Waals surface area contributed by atoms with E-state index in [1.807, 2.05) is 0 Å². The molecule has 0 amide bonds. The fourth-order valence-corrected chi connectivity index (χ4v) is 1.58. The van der Waals surface area contributed by atoms with Crippen LogP contribution in [0.5, 0.6) is 0 Å². The largest absolute Gasteiger partial charge is 0.303 e. The number of rotatable bonds is 3. The summed E-state index contributed by atoms with van der Waals surface area (Å²) in [5, 5.41) is 0. The van der Waals surface area contributed by atoms with Crippen LogP contribution < -0.4 is 0 Å². The highest BCUT2D eigenvalue weighted by Gasteiger charge is 2.05. The number of allylic oxidation sites excluding steroid dienone is 2. The van der Waals surface area contributed by atoms with Crippen LogP contribution in [-0.2, 0) is 4.79 Å². The van der Waals surface area contributed by atoms with Gasteiger partial charge in [0.05, 0.1) is 0 Å². The van der Waals surface area contributed by atoms with Gasteiger partial charge in [0.1, 0.15) is 6.29 Å². The zero-order valence-corrected chi connectivity index (χ0v) is 6.96. The number of carbonyl (C=O) groups excluding carboxylic acids is 1. The van der Waals surface area contributed by atoms with Crippen LogP contribution >= 0.6 is 0 Å². The average Bonchev–Trinajstić information content (AvgIpc) is 2.28. The summed E-state index contributed by atoms with van der Waals surface area (Å²) >= 11 is 0. The third kappa shape index (κ3) is 3.35. The molecule has 0 aromatic carbocycles. The molecule has 1 aliphatic carbocycles. The van der Waals surface area contributed by atoms with Crippen LogP contribution in [-0.4, -0.2) is 6.29 Å². The Morgan fingerprint density at radius 1 is 1.45 bits per heavy atom. The number of carbonyl (C=O) groups is 1. The van der Waals surface area contributed by atoms with E-state index in [0.29, 0.717) is 5.92 Å². The lowest BCUT2D eigenvalue weighted by Gasteiger charge is -2.06. The first-order valence-electron chi connectivity index (χ1n) is 4.54. The molecule has 0 aromatic rings. The monoisotopic (exact) mass is 152 g/mol. The van der Waals surface area contributed by atoms with Crippen LogP contribution in [0.4, 0.5) is 0 Å². The Hall–Kier alpha value is -0.590. The van der Waals surface area contributed by atoms with Crippen LogP contribution in [0.1, 0.15) is 38.5 Å². The molecule has 0 fully saturated rings. The smallest absolute Gasteiger partial charge is 0.120 e. The minimum Gasteiger partial charge on any atom is -0.303 e. The molecule has 0 saturated heterocycles. The summed E-state index contributed by atoms with van der Waals surface area (Å²) in [4.78, 5) is 10.1. The van der Waals surface area contributed by atoms with E-state index in [1.54, 1.807) is 0 Å². The Morgan fingerprint density at radius 2 is 2.36 bits per heavy atom. The lowest BCUT2D eigenvalue weighted by atomic mass is 9.99. The molecular weight excluding hydrogens is 136 g/mol. The summed E-state index contributed by atoms with van der Waals surface area (Å²) in [5.41, 5.74) is 0. The molecule has 0 N–H and O–H groups in total. The topological polar surface area (TPSA) is 17.1 Å². The molecule has 0 radical (unpaired) electrons. The first-order valence-corrected chi connectivity index (χ1v) is 4.54. The molecule has 0 spiro atoms. The average molecular weight is 152 g/mol. The second-order valence-electron chi connectivity index (χ2n) is 3.22. The highest BCUT2D eigenvalue weighted by atomic mass is 16.1. The van der Waals surface area contributed by atoms with Crippen molar-refractivity contribution in [2.75, 3.05) is 0 Å². The van der Waals surface area contributed by atoms with E-state index >= 15 is 0 Å². The van der Waals surface area contributed by atoms with Crippen molar-refractivity contribution < 1.29 is 4.79 Å². The summed E-state index contributed by atoms with van der Waals surface area (Å²) in [6.45, 7) is 0. The summed E-state index contributed by atoms with van der Waals surface area (Å²) < 4.78 is 0. The quantitative estimate of drug-likeness (QED) is 0.449. The van der Waals surface area contributed by atoms with Gasteiger partial charge in [0.25, 0.3) is 0 Å². The molecule has 1 atom stereocenters. The van der Waals surface area contributed by atoms with Crippen LogP contribution in [0.2, 0.25) is 0 Å². The second kappa shape index (κ2) is 5.11. The minimum absolute atomic E-state index is 0.683. The van der Waals surface area contributed by atoms with Crippen molar-refractivity contribution in [1.29, 1.82) is 0 Å². The van der Waals surface area contributed by atoms with Crippen LogP contribution in [0.3, 0.4) is 0 Å². The zero-order valence-electron chi connectivity index (χ0n) is 6.96. The van der Waals surface area contributed by atoms with Gasteiger partial charge in [0, 0.05) is 6.42 Å². The van der Waals surface area contributed by atoms with Crippen LogP contribution in [0, 0.1) is 5.92 Å². The van der Waals surface area contributed by atoms with Crippen molar-refractivity contribution >= 4 is 6.29 Å². The van der Waals surface area contributed by atoms with Gasteiger partial charge in [-0.2, -0.15) is 0 Å². The third-order valence-corrected chi connectivity index (χ3v) is 2.26. The molecule has 1 unspecified atom stereocenters. The van der Waals surface area contributed by atoms with Gasteiger partial charge >= 0.3 is 0 Å². The van der Waals surface area contributed by atoms with Crippen LogP contribution in [0.15, 0.2) is 12.2 Å². The summed E-state index contributed by atoms with van der Waals surface area (Å²) in [5.74, 6) is 0.683. The summed E-state index contributed by atoms with van der Waals surface area (Å²) in [6.07, 6.45) is 12.5. The molecule has 1 nitrogen and oxygen atoms in total. The van der Waals surface area contributed by atoms with Gasteiger partial charge in [-0.15, -0.1) is 0 Å². The molecule has 11 heavy (non-hydrogen) atoms. The van der Waals surface area contributed by atoms with Crippen molar-refractivity contribution in [2.24, 2.45) is 5.92 Å². The van der Waals surface area contributed by atoms with E-state index in [0.717, 1.165) is 19.1 Å². The van der Waals surface area contributed by atoms with Crippen molar-refractivity contribution in [3.63, 3.8) is 0 Å². The Bertz CT molecular complexity index is 138. The number of hydrogen-bond donors (Lipinski definition) is 0. The number of aldehydes is 1.